The number of hydrogen-bond acceptors (Lipinski definition) is 3. The third-order valence-electron chi connectivity index (χ3n) is 2.87. The molecular weight excluding hydrogens is 346 g/mol. The lowest BCUT2D eigenvalue weighted by atomic mass is 10.2. The lowest BCUT2D eigenvalue weighted by Crippen LogP contribution is -2.09. The Labute approximate surface area is 132 Å². The van der Waals surface area contributed by atoms with Gasteiger partial charge in [-0.05, 0) is 19.1 Å². The van der Waals surface area contributed by atoms with Crippen molar-refractivity contribution < 1.29 is 23.1 Å². The summed E-state index contributed by atoms with van der Waals surface area (Å²) in [4.78, 5) is 11.1. The average Bonchev–Trinajstić information content (AvgIpc) is 2.62. The highest BCUT2D eigenvalue weighted by molar-refractivity contribution is 6.38. The molecule has 0 saturated heterocycles. The number of aromatic nitrogens is 2. The van der Waals surface area contributed by atoms with Gasteiger partial charge in [-0.25, -0.2) is 9.48 Å². The number of nitrogens with two attached hydrogens (primary N) is 1. The van der Waals surface area contributed by atoms with Gasteiger partial charge in [0.1, 0.15) is 17.1 Å². The Balaban J connectivity index is 2.70. The number of benzene rings is 1. The first kappa shape index (κ1) is 16.4. The predicted molar refractivity (Wildman–Crippen MR) is 74.7 cm³/mol. The van der Waals surface area contributed by atoms with Crippen molar-refractivity contribution in [2.45, 2.75) is 13.1 Å². The van der Waals surface area contributed by atoms with E-state index >= 15 is 0 Å². The minimum Gasteiger partial charge on any atom is -0.477 e. The second-order valence-corrected chi connectivity index (χ2v) is 5.16. The van der Waals surface area contributed by atoms with Crippen LogP contribution >= 0.6 is 23.2 Å². The third-order valence-corrected chi connectivity index (χ3v) is 3.44. The normalized spacial score (nSPS) is 11.7. The Morgan fingerprint density at radius 3 is 2.18 bits per heavy atom. The highest BCUT2D eigenvalue weighted by atomic mass is 35.5. The zero-order valence-corrected chi connectivity index (χ0v) is 12.4. The number of halogens is 5. The molecule has 0 saturated carbocycles. The molecule has 3 N–H and O–H groups in total. The first-order valence-electron chi connectivity index (χ1n) is 5.69. The molecule has 0 spiro atoms. The number of carboxylic acids is 1. The van der Waals surface area contributed by atoms with Gasteiger partial charge < -0.3 is 10.8 Å². The van der Waals surface area contributed by atoms with Crippen molar-refractivity contribution in [3.05, 3.63) is 39.0 Å². The maximum Gasteiger partial charge on any atom is 0.416 e. The molecule has 0 amide bonds. The summed E-state index contributed by atoms with van der Waals surface area (Å²) in [6.07, 6.45) is -4.62. The smallest absolute Gasteiger partial charge is 0.416 e. The SMILES string of the molecule is Cc1nn(-c2c(Cl)cc(C(F)(F)F)cc2Cl)c(N)c1C(=O)O. The minimum absolute atomic E-state index is 0.0806. The van der Waals surface area contributed by atoms with Gasteiger partial charge in [-0.3, -0.25) is 0 Å². The number of alkyl halides is 3. The van der Waals surface area contributed by atoms with Crippen LogP contribution in [0.5, 0.6) is 0 Å². The van der Waals surface area contributed by atoms with E-state index in [-0.39, 0.29) is 32.8 Å². The number of hydrogen-bond donors (Lipinski definition) is 2. The van der Waals surface area contributed by atoms with Crippen LogP contribution in [0.4, 0.5) is 19.0 Å². The number of anilines is 1. The molecule has 1 aromatic carbocycles. The molecular formula is C12H8Cl2F3N3O2. The molecule has 2 aromatic rings. The van der Waals surface area contributed by atoms with E-state index in [1.807, 2.05) is 0 Å². The van der Waals surface area contributed by atoms with Crippen LogP contribution in [0.3, 0.4) is 0 Å². The van der Waals surface area contributed by atoms with Crippen molar-refractivity contribution >= 4 is 35.0 Å². The number of aryl methyl sites for hydroxylation is 1. The van der Waals surface area contributed by atoms with E-state index in [1.165, 1.54) is 6.92 Å². The van der Waals surface area contributed by atoms with Gasteiger partial charge in [-0.1, -0.05) is 23.2 Å². The Kier molecular flexibility index (Phi) is 4.01. The van der Waals surface area contributed by atoms with Crippen LogP contribution in [0.1, 0.15) is 21.6 Å². The average molecular weight is 354 g/mol. The quantitative estimate of drug-likeness (QED) is 0.860. The van der Waals surface area contributed by atoms with E-state index in [0.29, 0.717) is 12.1 Å². The summed E-state index contributed by atoms with van der Waals surface area (Å²) in [7, 11) is 0. The molecule has 1 heterocycles. The second-order valence-electron chi connectivity index (χ2n) is 4.35. The van der Waals surface area contributed by atoms with Crippen LogP contribution in [0.25, 0.3) is 5.69 Å². The van der Waals surface area contributed by atoms with E-state index in [4.69, 9.17) is 34.0 Å². The van der Waals surface area contributed by atoms with Gasteiger partial charge in [0.2, 0.25) is 0 Å². The molecule has 0 aliphatic rings. The summed E-state index contributed by atoms with van der Waals surface area (Å²) in [5.74, 6) is -1.60. The van der Waals surface area contributed by atoms with Gasteiger partial charge in [0.05, 0.1) is 21.3 Å². The van der Waals surface area contributed by atoms with Gasteiger partial charge in [0.15, 0.2) is 0 Å². The van der Waals surface area contributed by atoms with Crippen LogP contribution in [0.15, 0.2) is 12.1 Å². The topological polar surface area (TPSA) is 81.1 Å². The maximum absolute atomic E-state index is 12.7. The van der Waals surface area contributed by atoms with Crippen LogP contribution < -0.4 is 5.73 Å². The monoisotopic (exact) mass is 353 g/mol. The molecule has 0 bridgehead atoms. The molecule has 0 aliphatic heterocycles. The van der Waals surface area contributed by atoms with Crippen molar-refractivity contribution in [1.82, 2.24) is 9.78 Å². The van der Waals surface area contributed by atoms with Crippen LogP contribution in [-0.2, 0) is 6.18 Å². The lowest BCUT2D eigenvalue weighted by Gasteiger charge is -2.13. The summed E-state index contributed by atoms with van der Waals surface area (Å²) in [6.45, 7) is 1.39. The fourth-order valence-electron chi connectivity index (χ4n) is 1.91. The maximum atomic E-state index is 12.7. The number of carbonyl (C=O) groups is 1. The molecule has 10 heteroatoms. The van der Waals surface area contributed by atoms with E-state index < -0.39 is 17.7 Å². The van der Waals surface area contributed by atoms with Crippen molar-refractivity contribution in [1.29, 1.82) is 0 Å². The Hall–Kier alpha value is -1.93. The van der Waals surface area contributed by atoms with Crippen molar-refractivity contribution in [2.24, 2.45) is 0 Å². The number of nitrogens with zero attached hydrogens (tertiary/aromatic N) is 2. The van der Waals surface area contributed by atoms with E-state index in [9.17, 15) is 18.0 Å². The van der Waals surface area contributed by atoms with Gasteiger partial charge in [0, 0.05) is 0 Å². The molecule has 22 heavy (non-hydrogen) atoms. The van der Waals surface area contributed by atoms with Crippen LogP contribution in [0.2, 0.25) is 10.0 Å². The van der Waals surface area contributed by atoms with E-state index in [2.05, 4.69) is 5.10 Å². The predicted octanol–water partition coefficient (Wildman–Crippen LogP) is 3.79. The van der Waals surface area contributed by atoms with Gasteiger partial charge >= 0.3 is 12.1 Å². The highest BCUT2D eigenvalue weighted by Gasteiger charge is 2.33. The number of nitrogen functional groups attached to an aromatic ring is 1. The molecule has 5 nitrogen and oxygen atoms in total. The molecule has 0 atom stereocenters. The fraction of sp³-hybridized carbons (Fsp3) is 0.167. The van der Waals surface area contributed by atoms with Crippen molar-refractivity contribution in [3.63, 3.8) is 0 Å². The largest absolute Gasteiger partial charge is 0.477 e. The lowest BCUT2D eigenvalue weighted by molar-refractivity contribution is -0.137. The zero-order valence-electron chi connectivity index (χ0n) is 10.9. The number of rotatable bonds is 2. The summed E-state index contributed by atoms with van der Waals surface area (Å²) in [5.41, 5.74) is 4.33. The Bertz CT molecular complexity index is 749. The fourth-order valence-corrected chi connectivity index (χ4v) is 2.56. The summed E-state index contributed by atoms with van der Waals surface area (Å²) >= 11 is 11.7. The second kappa shape index (κ2) is 5.36. The minimum atomic E-state index is -4.62. The molecule has 1 aromatic heterocycles. The zero-order chi connectivity index (χ0) is 16.8. The first-order valence-corrected chi connectivity index (χ1v) is 6.44. The van der Waals surface area contributed by atoms with Crippen LogP contribution in [-0.4, -0.2) is 20.9 Å². The Morgan fingerprint density at radius 2 is 1.82 bits per heavy atom. The molecule has 0 radical (unpaired) electrons. The van der Waals surface area contributed by atoms with Gasteiger partial charge in [-0.15, -0.1) is 0 Å². The van der Waals surface area contributed by atoms with Gasteiger partial charge in [0.25, 0.3) is 0 Å². The first-order chi connectivity index (χ1) is 10.0. The molecule has 0 unspecified atom stereocenters. The molecule has 0 fully saturated rings. The highest BCUT2D eigenvalue weighted by Crippen LogP contribution is 2.38. The van der Waals surface area contributed by atoms with Crippen LogP contribution in [0, 0.1) is 6.92 Å². The standard InChI is InChI=1S/C12H8Cl2F3N3O2/c1-4-8(11(21)22)10(18)20(19-4)9-6(13)2-5(3-7(9)14)12(15,16)17/h2-3H,18H2,1H3,(H,21,22). The Morgan fingerprint density at radius 1 is 1.32 bits per heavy atom. The van der Waals surface area contributed by atoms with Crippen molar-refractivity contribution in [3.8, 4) is 5.69 Å². The van der Waals surface area contributed by atoms with Gasteiger partial charge in [-0.2, -0.15) is 18.3 Å². The van der Waals surface area contributed by atoms with E-state index in [1.54, 1.807) is 0 Å². The van der Waals surface area contributed by atoms with Crippen molar-refractivity contribution in [2.75, 3.05) is 5.73 Å². The number of carboxylic acid groups (broad SMARTS) is 1. The molecule has 0 aliphatic carbocycles. The summed E-state index contributed by atoms with van der Waals surface area (Å²) < 4.78 is 39.0. The number of aromatic carboxylic acids is 1. The summed E-state index contributed by atoms with van der Waals surface area (Å²) in [6, 6.07) is 1.33. The van der Waals surface area contributed by atoms with E-state index in [0.717, 1.165) is 4.68 Å². The third kappa shape index (κ3) is 2.71. The molecule has 2 rings (SSSR count). The summed E-state index contributed by atoms with van der Waals surface area (Å²) in [5, 5.41) is 12.2. The molecule has 118 valence electrons.